The number of piperidine rings is 3. The van der Waals surface area contributed by atoms with Gasteiger partial charge in [0, 0.05) is 43.0 Å². The van der Waals surface area contributed by atoms with Gasteiger partial charge in [0.1, 0.15) is 23.0 Å². The number of imide groups is 1. The van der Waals surface area contributed by atoms with Crippen LogP contribution >= 0.6 is 0 Å². The molecule has 3 N–H and O–H groups in total. The van der Waals surface area contributed by atoms with Crippen LogP contribution in [0.15, 0.2) is 59.4 Å². The first kappa shape index (κ1) is 32.9. The number of hydrogen-bond donors (Lipinski definition) is 3. The molecule has 1 saturated carbocycles. The number of rotatable bonds is 6. The summed E-state index contributed by atoms with van der Waals surface area (Å²) < 4.78 is 19.7. The van der Waals surface area contributed by atoms with Crippen molar-refractivity contribution >= 4 is 50.9 Å². The molecule has 0 spiro atoms. The molecule has 12 heteroatoms. The van der Waals surface area contributed by atoms with Crippen molar-refractivity contribution in [2.24, 2.45) is 0 Å². The van der Waals surface area contributed by atoms with Crippen molar-refractivity contribution in [1.29, 1.82) is 0 Å². The Balaban J connectivity index is 0.877. The van der Waals surface area contributed by atoms with Crippen molar-refractivity contribution < 1.29 is 19.1 Å². The fourth-order valence-electron chi connectivity index (χ4n) is 9.40. The van der Waals surface area contributed by atoms with Crippen molar-refractivity contribution in [3.8, 4) is 5.75 Å². The van der Waals surface area contributed by atoms with Gasteiger partial charge in [-0.2, -0.15) is 4.98 Å². The minimum atomic E-state index is -0.537. The lowest BCUT2D eigenvalue weighted by atomic mass is 9.87. The molecule has 4 fully saturated rings. The summed E-state index contributed by atoms with van der Waals surface area (Å²) in [4.78, 5) is 46.4. The zero-order chi connectivity index (χ0) is 35.5. The van der Waals surface area contributed by atoms with E-state index < -0.39 is 11.6 Å². The number of phenols is 1. The molecular weight excluding hydrogens is 661 g/mol. The Labute approximate surface area is 300 Å². The summed E-state index contributed by atoms with van der Waals surface area (Å²) in [6, 6.07) is 17.2. The molecule has 5 heterocycles. The summed E-state index contributed by atoms with van der Waals surface area (Å²) in [5, 5.41) is 16.2. The number of nitrogens with zero attached hydrogens (tertiary/aromatic N) is 5. The second kappa shape index (κ2) is 13.2. The van der Waals surface area contributed by atoms with E-state index in [1.165, 1.54) is 11.8 Å². The summed E-state index contributed by atoms with van der Waals surface area (Å²) in [5.74, 6) is -0.126. The van der Waals surface area contributed by atoms with Gasteiger partial charge in [-0.3, -0.25) is 24.1 Å². The van der Waals surface area contributed by atoms with Crippen LogP contribution < -0.4 is 21.1 Å². The molecule has 11 nitrogen and oxygen atoms in total. The number of phenolic OH excluding ortho intramolecular Hbond substituents is 1. The lowest BCUT2D eigenvalue weighted by Gasteiger charge is -2.42. The zero-order valence-electron chi connectivity index (χ0n) is 29.2. The maximum Gasteiger partial charge on any atom is 0.286 e. The van der Waals surface area contributed by atoms with Gasteiger partial charge in [0.05, 0.1) is 16.6 Å². The third-order valence-electron chi connectivity index (χ3n) is 12.1. The predicted octanol–water partition coefficient (Wildman–Crippen LogP) is 5.83. The molecule has 0 radical (unpaired) electrons. The number of imidazole rings is 1. The first-order valence-corrected chi connectivity index (χ1v) is 18.9. The van der Waals surface area contributed by atoms with Gasteiger partial charge in [-0.05, 0) is 112 Å². The fraction of sp³-hybridized carbons (Fsp3) is 0.450. The summed E-state index contributed by atoms with van der Waals surface area (Å²) in [5.41, 5.74) is 4.80. The predicted molar refractivity (Wildman–Crippen MR) is 199 cm³/mol. The average Bonchev–Trinajstić information content (AvgIpc) is 3.79. The van der Waals surface area contributed by atoms with Crippen LogP contribution in [0, 0.1) is 5.82 Å². The van der Waals surface area contributed by atoms with Crippen molar-refractivity contribution in [2.45, 2.75) is 88.3 Å². The number of aromatic nitrogens is 3. The van der Waals surface area contributed by atoms with Crippen molar-refractivity contribution in [3.63, 3.8) is 0 Å². The van der Waals surface area contributed by atoms with Gasteiger partial charge in [0.2, 0.25) is 17.6 Å². The van der Waals surface area contributed by atoms with E-state index in [0.717, 1.165) is 94.1 Å². The molecule has 1 aliphatic carbocycles. The van der Waals surface area contributed by atoms with Gasteiger partial charge in [-0.15, -0.1) is 0 Å². The normalized spacial score (nSPS) is 21.5. The van der Waals surface area contributed by atoms with Crippen LogP contribution in [0.2, 0.25) is 0 Å². The smallest absolute Gasteiger partial charge is 0.286 e. The van der Waals surface area contributed by atoms with E-state index >= 15 is 4.39 Å². The van der Waals surface area contributed by atoms with Crippen molar-refractivity contribution in [3.05, 3.63) is 76.3 Å². The number of carbonyl (C=O) groups excluding carboxylic acids is 2. The highest BCUT2D eigenvalue weighted by Gasteiger charge is 2.32. The number of carbonyl (C=O) groups is 2. The number of fused-ring (bicyclic) bond motifs is 5. The molecule has 4 aliphatic rings. The quantitative estimate of drug-likeness (QED) is 0.189. The van der Waals surface area contributed by atoms with Crippen LogP contribution in [0.25, 0.3) is 27.7 Å². The number of nitrogens with one attached hydrogen (secondary N) is 2. The van der Waals surface area contributed by atoms with E-state index in [1.807, 2.05) is 22.6 Å². The SMILES string of the molecule is O=C1CCC(Nc2ccc(C3CCN(C4CCN(c5ccc6c(c5)n(C5CCCC5)c5nc(=O)c7c(O)cccc7n65)CC4)CC3)c(F)c2)C(=O)N1. The molecule has 9 rings (SSSR count). The Kier molecular flexibility index (Phi) is 8.36. The third-order valence-corrected chi connectivity index (χ3v) is 12.1. The van der Waals surface area contributed by atoms with E-state index in [4.69, 9.17) is 0 Å². The van der Waals surface area contributed by atoms with Crippen LogP contribution in [-0.2, 0) is 9.59 Å². The number of likely N-dealkylation sites (tertiary alicyclic amines) is 1. The first-order chi connectivity index (χ1) is 25.3. The summed E-state index contributed by atoms with van der Waals surface area (Å²) in [6.45, 7) is 3.77. The second-order valence-corrected chi connectivity index (χ2v) is 15.1. The number of anilines is 2. The van der Waals surface area contributed by atoms with E-state index in [2.05, 4.69) is 48.2 Å². The van der Waals surface area contributed by atoms with Gasteiger partial charge < -0.3 is 24.8 Å². The lowest BCUT2D eigenvalue weighted by Crippen LogP contribution is -2.47. The van der Waals surface area contributed by atoms with Crippen LogP contribution in [0.5, 0.6) is 5.75 Å². The Bertz CT molecular complexity index is 2260. The number of halogens is 1. The molecule has 1 unspecified atom stereocenters. The minimum absolute atomic E-state index is 0.0442. The molecule has 2 amide bonds. The monoisotopic (exact) mass is 705 g/mol. The number of amides is 2. The van der Waals surface area contributed by atoms with Gasteiger partial charge in [0.15, 0.2) is 0 Å². The van der Waals surface area contributed by atoms with Gasteiger partial charge >= 0.3 is 0 Å². The van der Waals surface area contributed by atoms with Gasteiger partial charge in [-0.25, -0.2) is 4.39 Å². The molecule has 3 aliphatic heterocycles. The highest BCUT2D eigenvalue weighted by atomic mass is 19.1. The van der Waals surface area contributed by atoms with Gasteiger partial charge in [-0.1, -0.05) is 25.0 Å². The van der Waals surface area contributed by atoms with Crippen LogP contribution in [0.3, 0.4) is 0 Å². The van der Waals surface area contributed by atoms with E-state index in [1.54, 1.807) is 12.1 Å². The van der Waals surface area contributed by atoms with Gasteiger partial charge in [0.25, 0.3) is 5.56 Å². The zero-order valence-corrected chi connectivity index (χ0v) is 29.2. The highest BCUT2D eigenvalue weighted by Crippen LogP contribution is 2.38. The standard InChI is InChI=1S/C40H44FN7O4/c41-30-22-25(42-31-11-13-36(50)43-38(31)51)8-10-29(30)24-14-18-45(19-15-24)26-16-20-46(21-17-26)28-9-12-32-34(23-28)47(27-4-1-2-5-27)40-44-39(52)37-33(48(32)40)6-3-7-35(37)49/h3,6-10,12,22-24,26-27,31,42,49H,1-2,4-5,11,13-21H2,(H,43,50,51). The lowest BCUT2D eigenvalue weighted by molar-refractivity contribution is -0.133. The second-order valence-electron chi connectivity index (χ2n) is 15.1. The fourth-order valence-corrected chi connectivity index (χ4v) is 9.40. The van der Waals surface area contributed by atoms with Crippen molar-refractivity contribution in [1.82, 2.24) is 24.2 Å². The summed E-state index contributed by atoms with van der Waals surface area (Å²) >= 11 is 0. The minimum Gasteiger partial charge on any atom is -0.507 e. The molecule has 3 aromatic carbocycles. The Morgan fingerprint density at radius 3 is 2.35 bits per heavy atom. The van der Waals surface area contributed by atoms with Crippen LogP contribution in [0.4, 0.5) is 15.8 Å². The summed E-state index contributed by atoms with van der Waals surface area (Å²) in [7, 11) is 0. The third kappa shape index (κ3) is 5.77. The molecular formula is C40H44FN7O4. The molecule has 0 bridgehead atoms. The molecule has 3 saturated heterocycles. The van der Waals surface area contributed by atoms with Crippen LogP contribution in [0.1, 0.15) is 81.7 Å². The topological polar surface area (TPSA) is 124 Å². The van der Waals surface area contributed by atoms with Crippen LogP contribution in [-0.4, -0.2) is 74.0 Å². The van der Waals surface area contributed by atoms with E-state index in [0.29, 0.717) is 29.4 Å². The number of benzene rings is 3. The molecule has 270 valence electrons. The molecule has 52 heavy (non-hydrogen) atoms. The highest BCUT2D eigenvalue weighted by molar-refractivity contribution is 6.01. The maximum atomic E-state index is 15.3. The molecule has 2 aromatic heterocycles. The number of aromatic hydroxyl groups is 1. The van der Waals surface area contributed by atoms with E-state index in [-0.39, 0.29) is 47.1 Å². The molecule has 1 atom stereocenters. The largest absolute Gasteiger partial charge is 0.507 e. The average molecular weight is 706 g/mol. The Morgan fingerprint density at radius 2 is 1.60 bits per heavy atom. The summed E-state index contributed by atoms with van der Waals surface area (Å²) in [6.07, 6.45) is 9.03. The maximum absolute atomic E-state index is 15.3. The number of hydrogen-bond acceptors (Lipinski definition) is 8. The first-order valence-electron chi connectivity index (χ1n) is 18.9. The molecule has 5 aromatic rings. The van der Waals surface area contributed by atoms with E-state index in [9.17, 15) is 19.5 Å². The van der Waals surface area contributed by atoms with Crippen molar-refractivity contribution in [2.75, 3.05) is 36.4 Å². The Morgan fingerprint density at radius 1 is 0.808 bits per heavy atom. The Hall–Kier alpha value is -4.97.